The van der Waals surface area contributed by atoms with Crippen molar-refractivity contribution in [3.63, 3.8) is 0 Å². The monoisotopic (exact) mass is 289 g/mol. The van der Waals surface area contributed by atoms with Crippen LogP contribution in [0.5, 0.6) is 0 Å². The van der Waals surface area contributed by atoms with Gasteiger partial charge in [-0.1, -0.05) is 60.7 Å². The number of fused-ring (bicyclic) bond motifs is 3. The van der Waals surface area contributed by atoms with Crippen LogP contribution in [0, 0.1) is 0 Å². The Kier molecular flexibility index (Phi) is 2.99. The summed E-state index contributed by atoms with van der Waals surface area (Å²) in [7, 11) is 0. The largest absolute Gasteiger partial charge is 0.326 e. The molecule has 102 valence electrons. The Balaban J connectivity index is 1.99. The van der Waals surface area contributed by atoms with Crippen LogP contribution in [-0.4, -0.2) is 0 Å². The van der Waals surface area contributed by atoms with Crippen LogP contribution in [0.4, 0.5) is 0 Å². The van der Waals surface area contributed by atoms with Gasteiger partial charge >= 0.3 is 0 Å². The smallest absolute Gasteiger partial charge is 0.0433 e. The maximum atomic E-state index is 5.68. The summed E-state index contributed by atoms with van der Waals surface area (Å²) in [6, 6.07) is 23.7. The highest BCUT2D eigenvalue weighted by atomic mass is 32.1. The molecule has 0 spiro atoms. The Hall–Kier alpha value is -2.16. The van der Waals surface area contributed by atoms with E-state index in [0.717, 1.165) is 0 Å². The number of rotatable bonds is 2. The normalized spacial score (nSPS) is 11.3. The minimum atomic E-state index is 0.591. The van der Waals surface area contributed by atoms with Gasteiger partial charge in [0.2, 0.25) is 0 Å². The molecule has 1 nitrogen and oxygen atoms in total. The highest BCUT2D eigenvalue weighted by Gasteiger charge is 2.09. The molecule has 0 aliphatic carbocycles. The van der Waals surface area contributed by atoms with Crippen LogP contribution in [0.15, 0.2) is 66.7 Å². The van der Waals surface area contributed by atoms with E-state index in [1.807, 2.05) is 11.3 Å². The van der Waals surface area contributed by atoms with Gasteiger partial charge in [0.05, 0.1) is 0 Å². The molecule has 0 bridgehead atoms. The van der Waals surface area contributed by atoms with Crippen molar-refractivity contribution in [1.82, 2.24) is 0 Å². The minimum Gasteiger partial charge on any atom is -0.326 e. The highest BCUT2D eigenvalue weighted by Crippen LogP contribution is 2.39. The Morgan fingerprint density at radius 2 is 1.52 bits per heavy atom. The van der Waals surface area contributed by atoms with Crippen molar-refractivity contribution >= 4 is 31.5 Å². The average Bonchev–Trinajstić information content (AvgIpc) is 2.94. The van der Waals surface area contributed by atoms with Crippen LogP contribution in [-0.2, 0) is 6.54 Å². The molecule has 0 fully saturated rings. The van der Waals surface area contributed by atoms with Crippen LogP contribution in [0.25, 0.3) is 31.3 Å². The maximum absolute atomic E-state index is 5.68. The van der Waals surface area contributed by atoms with Crippen LogP contribution in [0.2, 0.25) is 0 Å². The quantitative estimate of drug-likeness (QED) is 0.540. The maximum Gasteiger partial charge on any atom is 0.0433 e. The Morgan fingerprint density at radius 1 is 0.762 bits per heavy atom. The van der Waals surface area contributed by atoms with Gasteiger partial charge in [0.15, 0.2) is 0 Å². The van der Waals surface area contributed by atoms with Crippen LogP contribution >= 0.6 is 11.3 Å². The molecule has 0 saturated carbocycles. The second-order valence-electron chi connectivity index (χ2n) is 5.18. The van der Waals surface area contributed by atoms with E-state index in [-0.39, 0.29) is 0 Å². The van der Waals surface area contributed by atoms with Crippen molar-refractivity contribution in [1.29, 1.82) is 0 Å². The first kappa shape index (κ1) is 12.6. The lowest BCUT2D eigenvalue weighted by molar-refractivity contribution is 1.07. The summed E-state index contributed by atoms with van der Waals surface area (Å²) in [5.41, 5.74) is 9.41. The Labute approximate surface area is 127 Å². The van der Waals surface area contributed by atoms with E-state index in [2.05, 4.69) is 66.7 Å². The third-order valence-corrected chi connectivity index (χ3v) is 5.12. The molecule has 4 rings (SSSR count). The van der Waals surface area contributed by atoms with Gasteiger partial charge in [-0.2, -0.15) is 0 Å². The molecule has 0 atom stereocenters. The molecule has 21 heavy (non-hydrogen) atoms. The first-order valence-corrected chi connectivity index (χ1v) is 7.88. The molecule has 0 unspecified atom stereocenters. The van der Waals surface area contributed by atoms with Crippen molar-refractivity contribution in [3.8, 4) is 11.1 Å². The molecule has 4 aromatic rings. The van der Waals surface area contributed by atoms with Gasteiger partial charge in [0, 0.05) is 26.7 Å². The molecule has 1 heterocycles. The van der Waals surface area contributed by atoms with Gasteiger partial charge < -0.3 is 5.73 Å². The van der Waals surface area contributed by atoms with Gasteiger partial charge in [0.25, 0.3) is 0 Å². The van der Waals surface area contributed by atoms with Crippen molar-refractivity contribution < 1.29 is 0 Å². The summed E-state index contributed by atoms with van der Waals surface area (Å²) >= 11 is 1.87. The van der Waals surface area contributed by atoms with E-state index in [4.69, 9.17) is 5.73 Å². The van der Waals surface area contributed by atoms with E-state index in [1.54, 1.807) is 0 Å². The van der Waals surface area contributed by atoms with Crippen LogP contribution < -0.4 is 5.73 Å². The molecule has 0 aliphatic rings. The minimum absolute atomic E-state index is 0.591. The number of hydrogen-bond donors (Lipinski definition) is 1. The predicted molar refractivity (Wildman–Crippen MR) is 92.7 cm³/mol. The third kappa shape index (κ3) is 2.04. The van der Waals surface area contributed by atoms with Crippen molar-refractivity contribution in [2.45, 2.75) is 6.54 Å². The number of benzene rings is 3. The van der Waals surface area contributed by atoms with Crippen molar-refractivity contribution in [3.05, 3.63) is 72.3 Å². The second kappa shape index (κ2) is 4.99. The number of thiophene rings is 1. The second-order valence-corrected chi connectivity index (χ2v) is 6.23. The molecule has 2 N–H and O–H groups in total. The first-order valence-electron chi connectivity index (χ1n) is 7.06. The van der Waals surface area contributed by atoms with Crippen molar-refractivity contribution in [2.24, 2.45) is 5.73 Å². The summed E-state index contributed by atoms with van der Waals surface area (Å²) in [6.45, 7) is 0.591. The fraction of sp³-hybridized carbons (Fsp3) is 0.0526. The highest BCUT2D eigenvalue weighted by molar-refractivity contribution is 7.26. The van der Waals surface area contributed by atoms with Gasteiger partial charge in [-0.15, -0.1) is 11.3 Å². The molecule has 2 heteroatoms. The summed E-state index contributed by atoms with van der Waals surface area (Å²) in [5, 5.41) is 2.69. The van der Waals surface area contributed by atoms with Gasteiger partial charge in [0.1, 0.15) is 0 Å². The lowest BCUT2D eigenvalue weighted by Crippen LogP contribution is -1.95. The van der Waals surface area contributed by atoms with E-state index in [9.17, 15) is 0 Å². The number of nitrogens with two attached hydrogens (primary N) is 1. The zero-order chi connectivity index (χ0) is 14.2. The average molecular weight is 289 g/mol. The molecule has 0 amide bonds. The first-order chi connectivity index (χ1) is 10.4. The molecule has 0 radical (unpaired) electrons. The molecule has 1 aromatic heterocycles. The molecular weight excluding hydrogens is 274 g/mol. The van der Waals surface area contributed by atoms with Gasteiger partial charge in [-0.05, 0) is 22.8 Å². The standard InChI is InChI=1S/C19H15NS/c20-12-13-8-10-14(11-9-13)15-5-3-6-17-16-4-1-2-7-18(16)21-19(15)17/h1-11H,12,20H2. The van der Waals surface area contributed by atoms with Crippen LogP contribution in [0.1, 0.15) is 5.56 Å². The SMILES string of the molecule is NCc1ccc(-c2cccc3c2sc2ccccc23)cc1. The molecule has 3 aromatic carbocycles. The number of hydrogen-bond acceptors (Lipinski definition) is 2. The Bertz CT molecular complexity index is 919. The summed E-state index contributed by atoms with van der Waals surface area (Å²) in [6.07, 6.45) is 0. The van der Waals surface area contributed by atoms with E-state index >= 15 is 0 Å². The fourth-order valence-corrected chi connectivity index (χ4v) is 4.03. The van der Waals surface area contributed by atoms with E-state index in [0.29, 0.717) is 6.54 Å². The molecule has 0 aliphatic heterocycles. The zero-order valence-corrected chi connectivity index (χ0v) is 12.4. The molecule has 0 saturated heterocycles. The predicted octanol–water partition coefficient (Wildman–Crippen LogP) is 5.18. The van der Waals surface area contributed by atoms with E-state index in [1.165, 1.54) is 36.9 Å². The summed E-state index contributed by atoms with van der Waals surface area (Å²) in [5.74, 6) is 0. The lowest BCUT2D eigenvalue weighted by atomic mass is 10.0. The lowest BCUT2D eigenvalue weighted by Gasteiger charge is -2.04. The third-order valence-electron chi connectivity index (χ3n) is 3.90. The summed E-state index contributed by atoms with van der Waals surface area (Å²) < 4.78 is 2.71. The van der Waals surface area contributed by atoms with E-state index < -0.39 is 0 Å². The zero-order valence-electron chi connectivity index (χ0n) is 11.5. The fourth-order valence-electron chi connectivity index (χ4n) is 2.79. The van der Waals surface area contributed by atoms with Gasteiger partial charge in [-0.25, -0.2) is 0 Å². The van der Waals surface area contributed by atoms with Gasteiger partial charge in [-0.3, -0.25) is 0 Å². The summed E-state index contributed by atoms with van der Waals surface area (Å²) in [4.78, 5) is 0. The van der Waals surface area contributed by atoms with Crippen molar-refractivity contribution in [2.75, 3.05) is 0 Å². The Morgan fingerprint density at radius 3 is 2.33 bits per heavy atom. The van der Waals surface area contributed by atoms with Crippen LogP contribution in [0.3, 0.4) is 0 Å². The topological polar surface area (TPSA) is 26.0 Å². The molecular formula is C19H15NS.